The Kier molecular flexibility index (Phi) is 6.38. The fourth-order valence-corrected chi connectivity index (χ4v) is 4.19. The second-order valence-electron chi connectivity index (χ2n) is 7.03. The van der Waals surface area contributed by atoms with Gasteiger partial charge in [0.2, 0.25) is 10.0 Å². The van der Waals surface area contributed by atoms with Gasteiger partial charge in [-0.3, -0.25) is 4.68 Å². The Bertz CT molecular complexity index is 817. The van der Waals surface area contributed by atoms with Gasteiger partial charge in [0.25, 0.3) is 0 Å². The van der Waals surface area contributed by atoms with Crippen LogP contribution in [0.4, 0.5) is 0 Å². The number of hydrogen-bond donors (Lipinski definition) is 2. The molecule has 0 amide bonds. The summed E-state index contributed by atoms with van der Waals surface area (Å²) in [6, 6.07) is 6.27. The van der Waals surface area contributed by atoms with Crippen molar-refractivity contribution in [2.24, 2.45) is 18.7 Å². The molecule has 0 spiro atoms. The van der Waals surface area contributed by atoms with Crippen molar-refractivity contribution in [1.29, 1.82) is 0 Å². The average molecular weight is 382 g/mol. The second-order valence-corrected chi connectivity index (χ2v) is 8.71. The normalized spacial score (nSPS) is 14.4. The highest BCUT2D eigenvalue weighted by atomic mass is 32.2. The van der Waals surface area contributed by atoms with Crippen LogP contribution < -0.4 is 15.2 Å². The Morgan fingerprint density at radius 2 is 1.96 bits per heavy atom. The summed E-state index contributed by atoms with van der Waals surface area (Å²) in [6.07, 6.45) is 2.10. The molecular weight excluding hydrogens is 354 g/mol. The van der Waals surface area contributed by atoms with Crippen molar-refractivity contribution in [2.75, 3.05) is 6.54 Å². The lowest BCUT2D eigenvalue weighted by Gasteiger charge is -2.30. The number of sulfonamides is 1. The predicted molar refractivity (Wildman–Crippen MR) is 99.0 cm³/mol. The van der Waals surface area contributed by atoms with Crippen molar-refractivity contribution in [2.45, 2.75) is 44.2 Å². The van der Waals surface area contributed by atoms with Gasteiger partial charge in [0.05, 0.1) is 4.90 Å². The first-order chi connectivity index (χ1) is 12.1. The first-order valence-corrected chi connectivity index (χ1v) is 9.93. The van der Waals surface area contributed by atoms with Crippen molar-refractivity contribution in [1.82, 2.24) is 19.5 Å². The third-order valence-corrected chi connectivity index (χ3v) is 5.65. The first-order valence-electron chi connectivity index (χ1n) is 8.45. The number of nitrogens with two attached hydrogens (primary N) is 1. The lowest BCUT2D eigenvalue weighted by molar-refractivity contribution is 0.289. The maximum absolute atomic E-state index is 12.7. The Balaban J connectivity index is 2.07. The summed E-state index contributed by atoms with van der Waals surface area (Å²) in [4.78, 5) is 4.24. The van der Waals surface area contributed by atoms with E-state index in [1.54, 1.807) is 23.9 Å². The van der Waals surface area contributed by atoms with Gasteiger partial charge in [0, 0.05) is 19.1 Å². The minimum Gasteiger partial charge on any atom is -0.486 e. The fourth-order valence-electron chi connectivity index (χ4n) is 2.76. The lowest BCUT2D eigenvalue weighted by Crippen LogP contribution is -2.51. The van der Waals surface area contributed by atoms with E-state index in [4.69, 9.17) is 10.5 Å². The van der Waals surface area contributed by atoms with Crippen LogP contribution in [0.15, 0.2) is 35.5 Å². The van der Waals surface area contributed by atoms with E-state index in [1.807, 2.05) is 20.8 Å². The molecule has 0 aliphatic heterocycles. The van der Waals surface area contributed by atoms with Crippen LogP contribution in [0.3, 0.4) is 0 Å². The Morgan fingerprint density at radius 1 is 1.31 bits per heavy atom. The zero-order chi connectivity index (χ0) is 19.4. The monoisotopic (exact) mass is 381 g/mol. The minimum absolute atomic E-state index is 0.173. The molecule has 1 unspecified atom stereocenters. The van der Waals surface area contributed by atoms with Gasteiger partial charge in [0.15, 0.2) is 5.82 Å². The molecule has 9 heteroatoms. The number of rotatable bonds is 9. The topological polar surface area (TPSA) is 112 Å². The highest BCUT2D eigenvalue weighted by Crippen LogP contribution is 2.21. The standard InChI is InChI=1S/C17H27N5O3S/c1-13(2)9-17(3,11-18)21-26(23,24)15-7-5-14(6-8-15)25-10-16-19-12-20-22(16)4/h5-8,12-13,21H,9-11,18H2,1-4H3. The van der Waals surface area contributed by atoms with Crippen LogP contribution in [-0.4, -0.2) is 35.3 Å². The van der Waals surface area contributed by atoms with E-state index >= 15 is 0 Å². The van der Waals surface area contributed by atoms with Gasteiger partial charge in [0.1, 0.15) is 18.7 Å². The highest BCUT2D eigenvalue weighted by molar-refractivity contribution is 7.89. The number of aromatic nitrogens is 3. The second kappa shape index (κ2) is 8.15. The smallest absolute Gasteiger partial charge is 0.241 e. The lowest BCUT2D eigenvalue weighted by atomic mass is 9.92. The number of benzene rings is 1. The van der Waals surface area contributed by atoms with Crippen molar-refractivity contribution < 1.29 is 13.2 Å². The Labute approximate surface area is 154 Å². The maximum atomic E-state index is 12.7. The minimum atomic E-state index is -3.67. The zero-order valence-corrected chi connectivity index (χ0v) is 16.5. The average Bonchev–Trinajstić information content (AvgIpc) is 2.97. The van der Waals surface area contributed by atoms with E-state index in [9.17, 15) is 8.42 Å². The van der Waals surface area contributed by atoms with Crippen LogP contribution in [0.5, 0.6) is 5.75 Å². The Hall–Kier alpha value is -1.97. The van der Waals surface area contributed by atoms with Gasteiger partial charge >= 0.3 is 0 Å². The number of nitrogens with one attached hydrogen (secondary N) is 1. The SMILES string of the molecule is CC(C)CC(C)(CN)NS(=O)(=O)c1ccc(OCc2ncnn2C)cc1. The quantitative estimate of drug-likeness (QED) is 0.680. The molecule has 0 radical (unpaired) electrons. The summed E-state index contributed by atoms with van der Waals surface area (Å²) < 4.78 is 35.3. The summed E-state index contributed by atoms with van der Waals surface area (Å²) in [7, 11) is -1.89. The molecule has 2 aromatic rings. The maximum Gasteiger partial charge on any atom is 0.241 e. The van der Waals surface area contributed by atoms with Crippen LogP contribution in [0.2, 0.25) is 0 Å². The summed E-state index contributed by atoms with van der Waals surface area (Å²) in [6.45, 7) is 6.36. The highest BCUT2D eigenvalue weighted by Gasteiger charge is 2.30. The van der Waals surface area contributed by atoms with Crippen LogP contribution in [-0.2, 0) is 23.7 Å². The number of nitrogens with zero attached hydrogens (tertiary/aromatic N) is 3. The molecule has 2 rings (SSSR count). The van der Waals surface area contributed by atoms with E-state index in [0.717, 1.165) is 0 Å². The van der Waals surface area contributed by atoms with Crippen molar-refractivity contribution in [3.8, 4) is 5.75 Å². The van der Waals surface area contributed by atoms with Crippen LogP contribution in [0.25, 0.3) is 0 Å². The molecule has 144 valence electrons. The van der Waals surface area contributed by atoms with Crippen LogP contribution >= 0.6 is 0 Å². The van der Waals surface area contributed by atoms with Gasteiger partial charge < -0.3 is 10.5 Å². The summed E-state index contributed by atoms with van der Waals surface area (Å²) >= 11 is 0. The molecule has 0 fully saturated rings. The van der Waals surface area contributed by atoms with E-state index in [0.29, 0.717) is 23.9 Å². The van der Waals surface area contributed by atoms with E-state index < -0.39 is 15.6 Å². The van der Waals surface area contributed by atoms with Gasteiger partial charge in [-0.2, -0.15) is 5.10 Å². The van der Waals surface area contributed by atoms with E-state index in [2.05, 4.69) is 14.8 Å². The Morgan fingerprint density at radius 3 is 2.46 bits per heavy atom. The molecule has 26 heavy (non-hydrogen) atoms. The molecule has 0 bridgehead atoms. The largest absolute Gasteiger partial charge is 0.486 e. The molecule has 0 saturated carbocycles. The number of ether oxygens (including phenoxy) is 1. The van der Waals surface area contributed by atoms with E-state index in [1.165, 1.54) is 18.5 Å². The molecule has 1 heterocycles. The zero-order valence-electron chi connectivity index (χ0n) is 15.6. The third kappa shape index (κ3) is 5.26. The molecule has 1 aromatic carbocycles. The van der Waals surface area contributed by atoms with Gasteiger partial charge in [-0.25, -0.2) is 18.1 Å². The molecule has 0 aliphatic rings. The molecule has 0 aliphatic carbocycles. The molecule has 0 saturated heterocycles. The van der Waals surface area contributed by atoms with E-state index in [-0.39, 0.29) is 18.0 Å². The van der Waals surface area contributed by atoms with Crippen LogP contribution in [0.1, 0.15) is 33.0 Å². The molecule has 8 nitrogen and oxygen atoms in total. The van der Waals surface area contributed by atoms with Crippen molar-refractivity contribution in [3.63, 3.8) is 0 Å². The fraction of sp³-hybridized carbons (Fsp3) is 0.529. The van der Waals surface area contributed by atoms with Crippen molar-refractivity contribution in [3.05, 3.63) is 36.4 Å². The first kappa shape index (κ1) is 20.3. The number of hydrogen-bond acceptors (Lipinski definition) is 6. The predicted octanol–water partition coefficient (Wildman–Crippen LogP) is 1.44. The third-order valence-electron chi connectivity index (χ3n) is 4.00. The van der Waals surface area contributed by atoms with Gasteiger partial charge in [-0.05, 0) is 43.5 Å². The summed E-state index contributed by atoms with van der Waals surface area (Å²) in [5, 5.41) is 3.97. The molecule has 1 atom stereocenters. The molecule has 3 N–H and O–H groups in total. The summed E-state index contributed by atoms with van der Waals surface area (Å²) in [5.74, 6) is 1.55. The van der Waals surface area contributed by atoms with Gasteiger partial charge in [-0.15, -0.1) is 0 Å². The molecular formula is C17H27N5O3S. The van der Waals surface area contributed by atoms with Crippen molar-refractivity contribution >= 4 is 10.0 Å². The number of aryl methyl sites for hydroxylation is 1. The van der Waals surface area contributed by atoms with Gasteiger partial charge in [-0.1, -0.05) is 13.8 Å². The summed E-state index contributed by atoms with van der Waals surface area (Å²) in [5.41, 5.74) is 5.12. The molecule has 1 aromatic heterocycles. The van der Waals surface area contributed by atoms with Crippen LogP contribution in [0, 0.1) is 5.92 Å².